The summed E-state index contributed by atoms with van der Waals surface area (Å²) in [4.78, 5) is 36.4. The fourth-order valence-corrected chi connectivity index (χ4v) is 4.29. The summed E-state index contributed by atoms with van der Waals surface area (Å²) >= 11 is 12.6. The van der Waals surface area contributed by atoms with Crippen LogP contribution in [0.15, 0.2) is 59.8 Å². The van der Waals surface area contributed by atoms with Crippen molar-refractivity contribution in [3.63, 3.8) is 0 Å². The summed E-state index contributed by atoms with van der Waals surface area (Å²) in [5.74, 6) is 0.471. The van der Waals surface area contributed by atoms with Crippen molar-refractivity contribution in [1.82, 2.24) is 39.7 Å². The lowest BCUT2D eigenvalue weighted by Crippen LogP contribution is -2.23. The van der Waals surface area contributed by atoms with Crippen LogP contribution in [0.25, 0.3) is 28.2 Å². The number of nitrogens with zero attached hydrogens (tertiary/aromatic N) is 7. The number of benzene rings is 1. The van der Waals surface area contributed by atoms with Crippen molar-refractivity contribution in [2.75, 3.05) is 12.4 Å². The maximum atomic E-state index is 13.2. The number of rotatable bonds is 6. The molecule has 5 aromatic rings. The van der Waals surface area contributed by atoms with Crippen LogP contribution < -0.4 is 10.9 Å². The second kappa shape index (κ2) is 10.4. The van der Waals surface area contributed by atoms with E-state index < -0.39 is 6.09 Å². The first-order valence-corrected chi connectivity index (χ1v) is 11.9. The number of aromatic nitrogens is 8. The number of ether oxygens (including phenoxy) is 1. The van der Waals surface area contributed by atoms with E-state index in [0.29, 0.717) is 50.4 Å². The van der Waals surface area contributed by atoms with E-state index in [1.165, 1.54) is 30.4 Å². The number of tetrazole rings is 1. The average molecular weight is 552 g/mol. The molecule has 0 saturated heterocycles. The lowest BCUT2D eigenvalue weighted by molar-refractivity contribution is 0.187. The molecule has 4 aromatic heterocycles. The van der Waals surface area contributed by atoms with Gasteiger partial charge in [-0.1, -0.05) is 23.2 Å². The van der Waals surface area contributed by atoms with Crippen LogP contribution >= 0.6 is 23.2 Å². The molecule has 5 rings (SSSR count). The number of halogens is 2. The predicted octanol–water partition coefficient (Wildman–Crippen LogP) is 4.12. The highest BCUT2D eigenvalue weighted by atomic mass is 35.5. The average Bonchev–Trinajstić information content (AvgIpc) is 3.56. The number of pyridine rings is 2. The maximum Gasteiger partial charge on any atom is 0.411 e. The third-order valence-corrected chi connectivity index (χ3v) is 6.16. The van der Waals surface area contributed by atoms with Gasteiger partial charge in [0, 0.05) is 22.3 Å². The fraction of sp³-hybridized carbons (Fsp3) is 0.125. The molecule has 192 valence electrons. The summed E-state index contributed by atoms with van der Waals surface area (Å²) in [5, 5.41) is 14.6. The molecule has 0 aliphatic carbocycles. The molecule has 0 saturated carbocycles. The molecule has 0 bridgehead atoms. The first-order valence-electron chi connectivity index (χ1n) is 11.1. The number of carbonyl (C=O) groups excluding carboxylic acids is 1. The largest absolute Gasteiger partial charge is 0.453 e. The zero-order valence-corrected chi connectivity index (χ0v) is 21.5. The Morgan fingerprint density at radius 3 is 2.68 bits per heavy atom. The number of aromatic amines is 1. The van der Waals surface area contributed by atoms with Gasteiger partial charge in [-0.15, -0.1) is 5.10 Å². The molecule has 4 heterocycles. The Morgan fingerprint density at radius 2 is 2.00 bits per heavy atom. The number of imidazole rings is 1. The first-order chi connectivity index (χ1) is 18.3. The van der Waals surface area contributed by atoms with Crippen molar-refractivity contribution in [1.29, 1.82) is 0 Å². The second-order valence-electron chi connectivity index (χ2n) is 8.12. The fourth-order valence-electron chi connectivity index (χ4n) is 3.87. The maximum absolute atomic E-state index is 13.2. The van der Waals surface area contributed by atoms with Crippen LogP contribution in [0.5, 0.6) is 0 Å². The molecule has 0 aliphatic heterocycles. The summed E-state index contributed by atoms with van der Waals surface area (Å²) in [6, 6.07) is 12.0. The number of H-pyrrole nitrogens is 1. The second-order valence-corrected chi connectivity index (χ2v) is 8.93. The van der Waals surface area contributed by atoms with E-state index in [2.05, 4.69) is 40.5 Å². The van der Waals surface area contributed by atoms with Gasteiger partial charge in [-0.05, 0) is 59.3 Å². The van der Waals surface area contributed by atoms with Gasteiger partial charge in [0.05, 0.1) is 36.9 Å². The molecule has 38 heavy (non-hydrogen) atoms. The number of carbonyl (C=O) groups is 1. The Kier molecular flexibility index (Phi) is 6.90. The Balaban J connectivity index is 1.43. The van der Waals surface area contributed by atoms with E-state index in [0.717, 1.165) is 0 Å². The molecule has 14 heteroatoms. The molecule has 0 spiro atoms. The van der Waals surface area contributed by atoms with Crippen LogP contribution in [0.1, 0.15) is 11.5 Å². The monoisotopic (exact) mass is 551 g/mol. The number of aryl methyl sites for hydroxylation is 1. The van der Waals surface area contributed by atoms with Crippen LogP contribution in [0.4, 0.5) is 10.5 Å². The molecular formula is C24H19Cl2N9O3. The summed E-state index contributed by atoms with van der Waals surface area (Å²) in [6.07, 6.45) is 2.33. The van der Waals surface area contributed by atoms with Crippen molar-refractivity contribution in [2.24, 2.45) is 0 Å². The number of methoxy groups -OCH3 is 1. The molecule has 0 radical (unpaired) electrons. The SMILES string of the molecule is COC(=O)Nc1ccc(-c2nc(Cn3c(C)cc(-c4cc(Cl)ccc4-n4cnnn4)cc3=O)[nH]c2Cl)nc1. The van der Waals surface area contributed by atoms with E-state index in [4.69, 9.17) is 23.2 Å². The summed E-state index contributed by atoms with van der Waals surface area (Å²) in [7, 11) is 1.27. The third kappa shape index (κ3) is 5.12. The zero-order valence-electron chi connectivity index (χ0n) is 20.0. The van der Waals surface area contributed by atoms with E-state index in [1.807, 2.05) is 13.0 Å². The third-order valence-electron chi connectivity index (χ3n) is 5.66. The quantitative estimate of drug-likeness (QED) is 0.320. The number of hydrogen-bond donors (Lipinski definition) is 2. The summed E-state index contributed by atoms with van der Waals surface area (Å²) < 4.78 is 7.64. The molecule has 0 atom stereocenters. The molecule has 1 aromatic carbocycles. The van der Waals surface area contributed by atoms with Gasteiger partial charge in [-0.25, -0.2) is 9.78 Å². The molecule has 2 N–H and O–H groups in total. The van der Waals surface area contributed by atoms with Gasteiger partial charge < -0.3 is 14.3 Å². The van der Waals surface area contributed by atoms with Crippen LogP contribution in [0, 0.1) is 6.92 Å². The Bertz CT molecular complexity index is 1680. The van der Waals surface area contributed by atoms with Crippen molar-refractivity contribution in [3.05, 3.63) is 87.0 Å². The highest BCUT2D eigenvalue weighted by molar-refractivity contribution is 6.32. The van der Waals surface area contributed by atoms with E-state index in [-0.39, 0.29) is 17.3 Å². The van der Waals surface area contributed by atoms with Crippen LogP contribution in [-0.4, -0.2) is 52.9 Å². The molecule has 1 amide bonds. The van der Waals surface area contributed by atoms with Gasteiger partial charge in [0.25, 0.3) is 5.56 Å². The minimum atomic E-state index is -0.603. The Hall–Kier alpha value is -4.55. The lowest BCUT2D eigenvalue weighted by Gasteiger charge is -2.13. The topological polar surface area (TPSA) is 146 Å². The molecule has 12 nitrogen and oxygen atoms in total. The van der Waals surface area contributed by atoms with Gasteiger partial charge >= 0.3 is 6.09 Å². The number of hydrogen-bond acceptors (Lipinski definition) is 8. The highest BCUT2D eigenvalue weighted by Gasteiger charge is 2.16. The number of nitrogens with one attached hydrogen (secondary N) is 2. The van der Waals surface area contributed by atoms with E-state index in [1.54, 1.807) is 34.9 Å². The minimum absolute atomic E-state index is 0.155. The van der Waals surface area contributed by atoms with E-state index >= 15 is 0 Å². The standard InChI is InChI=1S/C24H19Cl2N9O3/c1-13-7-14(17-9-15(25)3-6-19(17)35-12-28-32-33-35)8-21(36)34(13)11-20-30-22(23(26)31-20)18-5-4-16(10-27-18)29-24(37)38-2/h3-10,12H,11H2,1-2H3,(H,29,37)(H,30,31). The Labute approximate surface area is 225 Å². The van der Waals surface area contributed by atoms with Gasteiger partial charge in [0.15, 0.2) is 0 Å². The van der Waals surface area contributed by atoms with Gasteiger partial charge in [-0.2, -0.15) is 4.68 Å². The summed E-state index contributed by atoms with van der Waals surface area (Å²) in [5.41, 5.74) is 3.86. The number of anilines is 1. The van der Waals surface area contributed by atoms with Crippen molar-refractivity contribution in [3.8, 4) is 28.2 Å². The first kappa shape index (κ1) is 25.1. The van der Waals surface area contributed by atoms with Gasteiger partial charge in [-0.3, -0.25) is 15.1 Å². The van der Waals surface area contributed by atoms with Crippen molar-refractivity contribution >= 4 is 35.0 Å². The minimum Gasteiger partial charge on any atom is -0.453 e. The molecule has 0 unspecified atom stereocenters. The normalized spacial score (nSPS) is 10.9. The molecular weight excluding hydrogens is 533 g/mol. The van der Waals surface area contributed by atoms with E-state index in [9.17, 15) is 9.59 Å². The van der Waals surface area contributed by atoms with Crippen LogP contribution in [0.3, 0.4) is 0 Å². The lowest BCUT2D eigenvalue weighted by atomic mass is 10.0. The summed E-state index contributed by atoms with van der Waals surface area (Å²) in [6.45, 7) is 1.98. The van der Waals surface area contributed by atoms with Gasteiger partial charge in [0.1, 0.15) is 23.0 Å². The number of amides is 1. The van der Waals surface area contributed by atoms with Crippen LogP contribution in [-0.2, 0) is 11.3 Å². The van der Waals surface area contributed by atoms with Crippen molar-refractivity contribution < 1.29 is 9.53 Å². The zero-order chi connectivity index (χ0) is 26.8. The predicted molar refractivity (Wildman–Crippen MR) is 141 cm³/mol. The van der Waals surface area contributed by atoms with Crippen LogP contribution in [0.2, 0.25) is 10.2 Å². The smallest absolute Gasteiger partial charge is 0.411 e. The Morgan fingerprint density at radius 1 is 1.16 bits per heavy atom. The van der Waals surface area contributed by atoms with Crippen molar-refractivity contribution in [2.45, 2.75) is 13.5 Å². The molecule has 0 fully saturated rings. The molecule has 0 aliphatic rings. The highest BCUT2D eigenvalue weighted by Crippen LogP contribution is 2.29. The van der Waals surface area contributed by atoms with Gasteiger partial charge in [0.2, 0.25) is 0 Å².